The van der Waals surface area contributed by atoms with Crippen LogP contribution >= 0.6 is 0 Å². The van der Waals surface area contributed by atoms with E-state index in [0.29, 0.717) is 36.8 Å². The number of aromatic nitrogens is 2. The standard InChI is InChI=1S/C17H21N3O3/c21-16(18-11-13-5-4-10-23-13)8-3-9-20-12-19-15-7-2-1-6-14(15)17(20)22/h1-2,6-7,12-13H,3-5,8-11H2,(H,18,21)/t13-/m1/s1. The van der Waals surface area contributed by atoms with E-state index in [1.54, 1.807) is 17.0 Å². The fourth-order valence-corrected chi connectivity index (χ4v) is 2.80. The molecular weight excluding hydrogens is 294 g/mol. The van der Waals surface area contributed by atoms with E-state index < -0.39 is 0 Å². The second-order valence-electron chi connectivity index (χ2n) is 5.80. The minimum absolute atomic E-state index is 0.00213. The second-order valence-corrected chi connectivity index (χ2v) is 5.80. The summed E-state index contributed by atoms with van der Waals surface area (Å²) >= 11 is 0. The van der Waals surface area contributed by atoms with E-state index in [-0.39, 0.29) is 17.6 Å². The molecule has 2 heterocycles. The number of ether oxygens (including phenoxy) is 1. The van der Waals surface area contributed by atoms with Gasteiger partial charge in [0.25, 0.3) is 5.56 Å². The molecule has 0 bridgehead atoms. The number of carbonyl (C=O) groups excluding carboxylic acids is 1. The Labute approximate surface area is 134 Å². The SMILES string of the molecule is O=C(CCCn1cnc2ccccc2c1=O)NC[C@H]1CCCO1. The van der Waals surface area contributed by atoms with Crippen molar-refractivity contribution < 1.29 is 9.53 Å². The molecular formula is C17H21N3O3. The molecule has 6 nitrogen and oxygen atoms in total. The molecule has 1 aliphatic heterocycles. The maximum absolute atomic E-state index is 12.3. The number of nitrogens with zero attached hydrogens (tertiary/aromatic N) is 2. The van der Waals surface area contributed by atoms with Gasteiger partial charge in [-0.2, -0.15) is 0 Å². The summed E-state index contributed by atoms with van der Waals surface area (Å²) in [6.07, 6.45) is 4.79. The fourth-order valence-electron chi connectivity index (χ4n) is 2.80. The van der Waals surface area contributed by atoms with E-state index in [1.807, 2.05) is 18.2 Å². The molecule has 3 rings (SSSR count). The highest BCUT2D eigenvalue weighted by molar-refractivity contribution is 5.77. The van der Waals surface area contributed by atoms with E-state index in [2.05, 4.69) is 10.3 Å². The number of rotatable bonds is 6. The monoisotopic (exact) mass is 315 g/mol. The maximum atomic E-state index is 12.3. The van der Waals surface area contributed by atoms with Gasteiger partial charge in [0, 0.05) is 26.1 Å². The maximum Gasteiger partial charge on any atom is 0.261 e. The zero-order chi connectivity index (χ0) is 16.1. The van der Waals surface area contributed by atoms with Gasteiger partial charge in [0.05, 0.1) is 23.3 Å². The highest BCUT2D eigenvalue weighted by Gasteiger charge is 2.15. The minimum atomic E-state index is -0.0598. The molecule has 23 heavy (non-hydrogen) atoms. The van der Waals surface area contributed by atoms with Crippen LogP contribution in [0.4, 0.5) is 0 Å². The highest BCUT2D eigenvalue weighted by Crippen LogP contribution is 2.10. The van der Waals surface area contributed by atoms with Crippen LogP contribution in [0.2, 0.25) is 0 Å². The fraction of sp³-hybridized carbons (Fsp3) is 0.471. The van der Waals surface area contributed by atoms with Gasteiger partial charge in [-0.05, 0) is 31.4 Å². The summed E-state index contributed by atoms with van der Waals surface area (Å²) in [4.78, 5) is 28.4. The molecule has 6 heteroatoms. The molecule has 0 aliphatic carbocycles. The number of amides is 1. The Morgan fingerprint density at radius 1 is 1.39 bits per heavy atom. The largest absolute Gasteiger partial charge is 0.376 e. The number of fused-ring (bicyclic) bond motifs is 1. The summed E-state index contributed by atoms with van der Waals surface area (Å²) in [6.45, 7) is 1.86. The molecule has 1 fully saturated rings. The Hall–Kier alpha value is -2.21. The summed E-state index contributed by atoms with van der Waals surface area (Å²) in [5.41, 5.74) is 0.637. The van der Waals surface area contributed by atoms with Crippen LogP contribution in [0.3, 0.4) is 0 Å². The number of para-hydroxylation sites is 1. The van der Waals surface area contributed by atoms with Gasteiger partial charge in [-0.15, -0.1) is 0 Å². The summed E-state index contributed by atoms with van der Waals surface area (Å²) < 4.78 is 7.03. The zero-order valence-corrected chi connectivity index (χ0v) is 13.0. The van der Waals surface area contributed by atoms with Crippen molar-refractivity contribution in [2.24, 2.45) is 0 Å². The molecule has 1 N–H and O–H groups in total. The quantitative estimate of drug-likeness (QED) is 0.876. The summed E-state index contributed by atoms with van der Waals surface area (Å²) in [5.74, 6) is 0.00213. The first-order valence-electron chi connectivity index (χ1n) is 8.06. The average molecular weight is 315 g/mol. The van der Waals surface area contributed by atoms with Crippen LogP contribution in [0.25, 0.3) is 10.9 Å². The molecule has 1 aliphatic rings. The molecule has 1 saturated heterocycles. The van der Waals surface area contributed by atoms with Crippen LogP contribution in [-0.2, 0) is 16.1 Å². The Morgan fingerprint density at radius 2 is 2.26 bits per heavy atom. The normalized spacial score (nSPS) is 17.5. The van der Waals surface area contributed by atoms with Gasteiger partial charge in [0.2, 0.25) is 5.91 Å². The number of aryl methyl sites for hydroxylation is 1. The minimum Gasteiger partial charge on any atom is -0.376 e. The first-order valence-corrected chi connectivity index (χ1v) is 8.06. The Bertz CT molecular complexity index is 735. The van der Waals surface area contributed by atoms with Gasteiger partial charge in [0.15, 0.2) is 0 Å². The lowest BCUT2D eigenvalue weighted by Crippen LogP contribution is -2.32. The molecule has 2 aromatic rings. The Morgan fingerprint density at radius 3 is 3.09 bits per heavy atom. The summed E-state index contributed by atoms with van der Waals surface area (Å²) in [5, 5.41) is 3.50. The van der Waals surface area contributed by atoms with Crippen LogP contribution in [0.1, 0.15) is 25.7 Å². The number of carbonyl (C=O) groups is 1. The molecule has 1 aromatic heterocycles. The third kappa shape index (κ3) is 3.96. The second kappa shape index (κ2) is 7.37. The first-order chi connectivity index (χ1) is 11.2. The molecule has 1 aromatic carbocycles. The lowest BCUT2D eigenvalue weighted by Gasteiger charge is -2.11. The summed E-state index contributed by atoms with van der Waals surface area (Å²) in [7, 11) is 0. The number of hydrogen-bond donors (Lipinski definition) is 1. The smallest absolute Gasteiger partial charge is 0.261 e. The Kier molecular flexibility index (Phi) is 5.02. The number of hydrogen-bond acceptors (Lipinski definition) is 4. The third-order valence-electron chi connectivity index (χ3n) is 4.09. The van der Waals surface area contributed by atoms with E-state index in [1.165, 1.54) is 0 Å². The van der Waals surface area contributed by atoms with E-state index in [4.69, 9.17) is 4.74 Å². The Balaban J connectivity index is 1.49. The van der Waals surface area contributed by atoms with Crippen molar-refractivity contribution in [2.45, 2.75) is 38.3 Å². The zero-order valence-electron chi connectivity index (χ0n) is 13.0. The van der Waals surface area contributed by atoms with Crippen molar-refractivity contribution in [1.82, 2.24) is 14.9 Å². The predicted molar refractivity (Wildman–Crippen MR) is 87.2 cm³/mol. The van der Waals surface area contributed by atoms with Crippen LogP contribution in [0.5, 0.6) is 0 Å². The van der Waals surface area contributed by atoms with Gasteiger partial charge >= 0.3 is 0 Å². The third-order valence-corrected chi connectivity index (χ3v) is 4.09. The molecule has 1 atom stereocenters. The van der Waals surface area contributed by atoms with Crippen LogP contribution in [0, 0.1) is 0 Å². The highest BCUT2D eigenvalue weighted by atomic mass is 16.5. The van der Waals surface area contributed by atoms with E-state index in [0.717, 1.165) is 19.4 Å². The van der Waals surface area contributed by atoms with Crippen molar-refractivity contribution in [3.63, 3.8) is 0 Å². The molecule has 0 saturated carbocycles. The van der Waals surface area contributed by atoms with Crippen LogP contribution < -0.4 is 10.9 Å². The van der Waals surface area contributed by atoms with Gasteiger partial charge in [0.1, 0.15) is 0 Å². The van der Waals surface area contributed by atoms with E-state index >= 15 is 0 Å². The lowest BCUT2D eigenvalue weighted by molar-refractivity contribution is -0.121. The van der Waals surface area contributed by atoms with Crippen molar-refractivity contribution in [1.29, 1.82) is 0 Å². The lowest BCUT2D eigenvalue weighted by atomic mass is 10.2. The summed E-state index contributed by atoms with van der Waals surface area (Å²) in [6, 6.07) is 7.28. The van der Waals surface area contributed by atoms with Crippen molar-refractivity contribution >= 4 is 16.8 Å². The predicted octanol–water partition coefficient (Wildman–Crippen LogP) is 1.47. The van der Waals surface area contributed by atoms with Gasteiger partial charge in [-0.1, -0.05) is 12.1 Å². The molecule has 122 valence electrons. The number of benzene rings is 1. The first kappa shape index (κ1) is 15.7. The molecule has 0 unspecified atom stereocenters. The molecule has 0 radical (unpaired) electrons. The average Bonchev–Trinajstić information content (AvgIpc) is 3.09. The van der Waals surface area contributed by atoms with Crippen molar-refractivity contribution in [2.75, 3.05) is 13.2 Å². The van der Waals surface area contributed by atoms with Crippen molar-refractivity contribution in [3.05, 3.63) is 40.9 Å². The molecule has 0 spiro atoms. The van der Waals surface area contributed by atoms with Crippen LogP contribution in [0.15, 0.2) is 35.4 Å². The van der Waals surface area contributed by atoms with Gasteiger partial charge in [-0.25, -0.2) is 4.98 Å². The van der Waals surface area contributed by atoms with Gasteiger partial charge < -0.3 is 10.1 Å². The molecule has 1 amide bonds. The van der Waals surface area contributed by atoms with Crippen molar-refractivity contribution in [3.8, 4) is 0 Å². The van der Waals surface area contributed by atoms with E-state index in [9.17, 15) is 9.59 Å². The van der Waals surface area contributed by atoms with Gasteiger partial charge in [-0.3, -0.25) is 14.2 Å². The number of nitrogens with one attached hydrogen (secondary N) is 1. The van der Waals surface area contributed by atoms with Crippen LogP contribution in [-0.4, -0.2) is 34.7 Å². The topological polar surface area (TPSA) is 73.2 Å².